The summed E-state index contributed by atoms with van der Waals surface area (Å²) in [6.07, 6.45) is 0. The van der Waals surface area contributed by atoms with Crippen molar-refractivity contribution in [3.63, 3.8) is 0 Å². The molecule has 0 aromatic carbocycles. The summed E-state index contributed by atoms with van der Waals surface area (Å²) in [6.45, 7) is 0. The fraction of sp³-hybridized carbons (Fsp3) is 0.300. The number of nitrogens with zero attached hydrogens (tertiary/aromatic N) is 3. The van der Waals surface area contributed by atoms with Gasteiger partial charge in [-0.2, -0.15) is 5.10 Å². The molecule has 7 nitrogen and oxygen atoms in total. The number of hydrogen-bond acceptors (Lipinski definition) is 7. The average molecular weight is 268 g/mol. The van der Waals surface area contributed by atoms with Gasteiger partial charge in [0.25, 0.3) is 0 Å². The first-order valence-corrected chi connectivity index (χ1v) is 5.91. The van der Waals surface area contributed by atoms with Gasteiger partial charge in [-0.15, -0.1) is 11.3 Å². The maximum atomic E-state index is 11.2. The summed E-state index contributed by atoms with van der Waals surface area (Å²) in [5.74, 6) is 0.764. The first-order chi connectivity index (χ1) is 8.63. The largest absolute Gasteiger partial charge is 0.481 e. The number of anilines is 2. The third-order valence-corrected chi connectivity index (χ3v) is 2.94. The Balaban J connectivity index is 2.13. The van der Waals surface area contributed by atoms with Crippen molar-refractivity contribution in [1.29, 1.82) is 0 Å². The van der Waals surface area contributed by atoms with Gasteiger partial charge in [0.1, 0.15) is 0 Å². The highest BCUT2D eigenvalue weighted by Crippen LogP contribution is 2.23. The monoisotopic (exact) mass is 268 g/mol. The lowest BCUT2D eigenvalue weighted by atomic mass is 10.5. The van der Waals surface area contributed by atoms with Crippen molar-refractivity contribution in [3.8, 4) is 5.88 Å². The van der Waals surface area contributed by atoms with Gasteiger partial charge in [-0.05, 0) is 0 Å². The molecule has 2 rings (SSSR count). The van der Waals surface area contributed by atoms with Crippen LogP contribution in [0.4, 0.5) is 10.9 Å². The van der Waals surface area contributed by atoms with E-state index < -0.39 is 5.97 Å². The van der Waals surface area contributed by atoms with Crippen molar-refractivity contribution in [2.45, 2.75) is 0 Å². The summed E-state index contributed by atoms with van der Waals surface area (Å²) < 4.78 is 11.3. The molecule has 2 aromatic heterocycles. The molecule has 0 atom stereocenters. The second kappa shape index (κ2) is 5.05. The highest BCUT2D eigenvalue weighted by Gasteiger charge is 2.12. The van der Waals surface area contributed by atoms with Crippen LogP contribution in [0.2, 0.25) is 0 Å². The fourth-order valence-electron chi connectivity index (χ4n) is 1.34. The number of ether oxygens (including phenoxy) is 2. The van der Waals surface area contributed by atoms with Crippen LogP contribution in [-0.2, 0) is 11.8 Å². The molecular weight excluding hydrogens is 256 g/mol. The van der Waals surface area contributed by atoms with Crippen LogP contribution in [-0.4, -0.2) is 35.0 Å². The lowest BCUT2D eigenvalue weighted by Crippen LogP contribution is -2.01. The quantitative estimate of drug-likeness (QED) is 0.845. The van der Waals surface area contributed by atoms with Crippen molar-refractivity contribution >= 4 is 28.3 Å². The maximum Gasteiger partial charge on any atom is 0.357 e. The highest BCUT2D eigenvalue weighted by molar-refractivity contribution is 7.14. The molecule has 2 aromatic rings. The standard InChI is InChI=1S/C10H12N4O3S/c1-14-8(16-2)4-7(13-14)12-10-11-6(5-18-10)9(15)17-3/h4-5H,1-3H3,(H,11,12,13). The molecule has 1 N–H and O–H groups in total. The minimum atomic E-state index is -0.460. The average Bonchev–Trinajstić information content (AvgIpc) is 2.95. The van der Waals surface area contributed by atoms with Gasteiger partial charge in [0.05, 0.1) is 14.2 Å². The zero-order valence-electron chi connectivity index (χ0n) is 10.1. The van der Waals surface area contributed by atoms with Crippen molar-refractivity contribution < 1.29 is 14.3 Å². The summed E-state index contributed by atoms with van der Waals surface area (Å²) >= 11 is 1.30. The number of aryl methyl sites for hydroxylation is 1. The van der Waals surface area contributed by atoms with Gasteiger partial charge in [0.2, 0.25) is 5.88 Å². The summed E-state index contributed by atoms with van der Waals surface area (Å²) in [4.78, 5) is 15.3. The SMILES string of the molecule is COC(=O)c1csc(Nc2cc(OC)n(C)n2)n1. The van der Waals surface area contributed by atoms with Crippen molar-refractivity contribution in [2.24, 2.45) is 7.05 Å². The zero-order valence-corrected chi connectivity index (χ0v) is 10.9. The van der Waals surface area contributed by atoms with Gasteiger partial charge in [0, 0.05) is 18.5 Å². The number of hydrogen-bond donors (Lipinski definition) is 1. The molecule has 0 aliphatic carbocycles. The van der Waals surface area contributed by atoms with E-state index >= 15 is 0 Å². The molecule has 0 fully saturated rings. The van der Waals surface area contributed by atoms with Gasteiger partial charge in [-0.25, -0.2) is 14.5 Å². The van der Waals surface area contributed by atoms with Crippen LogP contribution in [0.25, 0.3) is 0 Å². The Labute approximate surface area is 107 Å². The normalized spacial score (nSPS) is 10.2. The summed E-state index contributed by atoms with van der Waals surface area (Å²) in [6, 6.07) is 1.74. The van der Waals surface area contributed by atoms with E-state index in [9.17, 15) is 4.79 Å². The van der Waals surface area contributed by atoms with Crippen LogP contribution in [0, 0.1) is 0 Å². The minimum Gasteiger partial charge on any atom is -0.481 e. The lowest BCUT2D eigenvalue weighted by molar-refractivity contribution is 0.0595. The van der Waals surface area contributed by atoms with E-state index in [1.54, 1.807) is 30.3 Å². The topological polar surface area (TPSA) is 78.3 Å². The van der Waals surface area contributed by atoms with Crippen LogP contribution < -0.4 is 10.1 Å². The van der Waals surface area contributed by atoms with Gasteiger partial charge < -0.3 is 14.8 Å². The van der Waals surface area contributed by atoms with E-state index in [1.165, 1.54) is 18.4 Å². The van der Waals surface area contributed by atoms with Crippen LogP contribution in [0.1, 0.15) is 10.5 Å². The Morgan fingerprint density at radius 2 is 2.28 bits per heavy atom. The zero-order chi connectivity index (χ0) is 13.1. The Hall–Kier alpha value is -2.09. The molecule has 0 amide bonds. The summed E-state index contributed by atoms with van der Waals surface area (Å²) in [5, 5.41) is 9.35. The number of rotatable bonds is 4. The molecule has 0 aliphatic heterocycles. The molecule has 0 radical (unpaired) electrons. The first-order valence-electron chi connectivity index (χ1n) is 5.03. The molecule has 96 valence electrons. The van der Waals surface area contributed by atoms with E-state index in [1.807, 2.05) is 0 Å². The second-order valence-corrected chi connectivity index (χ2v) is 4.21. The number of carbonyl (C=O) groups excluding carboxylic acids is 1. The molecule has 0 saturated carbocycles. The fourth-order valence-corrected chi connectivity index (χ4v) is 2.03. The number of esters is 1. The molecule has 18 heavy (non-hydrogen) atoms. The molecule has 0 saturated heterocycles. The van der Waals surface area contributed by atoms with Crippen LogP contribution in [0.3, 0.4) is 0 Å². The Morgan fingerprint density at radius 3 is 2.89 bits per heavy atom. The lowest BCUT2D eigenvalue weighted by Gasteiger charge is -1.95. The van der Waals surface area contributed by atoms with E-state index in [-0.39, 0.29) is 5.69 Å². The van der Waals surface area contributed by atoms with E-state index in [4.69, 9.17) is 4.74 Å². The van der Waals surface area contributed by atoms with Crippen LogP contribution in [0.5, 0.6) is 5.88 Å². The van der Waals surface area contributed by atoms with Gasteiger partial charge in [0.15, 0.2) is 16.6 Å². The van der Waals surface area contributed by atoms with Crippen molar-refractivity contribution in [2.75, 3.05) is 19.5 Å². The number of methoxy groups -OCH3 is 2. The summed E-state index contributed by atoms with van der Waals surface area (Å²) in [5.41, 5.74) is 0.271. The number of aromatic nitrogens is 3. The Bertz CT molecular complexity index is 563. The molecule has 2 heterocycles. The predicted molar refractivity (Wildman–Crippen MR) is 66.5 cm³/mol. The minimum absolute atomic E-state index is 0.271. The van der Waals surface area contributed by atoms with Crippen molar-refractivity contribution in [1.82, 2.24) is 14.8 Å². The third kappa shape index (κ3) is 2.43. The predicted octanol–water partition coefficient (Wildman–Crippen LogP) is 1.42. The molecule has 8 heteroatoms. The molecule has 0 bridgehead atoms. The number of thiazole rings is 1. The summed E-state index contributed by atoms with van der Waals surface area (Å²) in [7, 11) is 4.66. The van der Waals surface area contributed by atoms with E-state index in [0.29, 0.717) is 16.8 Å². The highest BCUT2D eigenvalue weighted by atomic mass is 32.1. The van der Waals surface area contributed by atoms with E-state index in [0.717, 1.165) is 0 Å². The second-order valence-electron chi connectivity index (χ2n) is 3.35. The molecule has 0 aliphatic rings. The maximum absolute atomic E-state index is 11.2. The molecule has 0 unspecified atom stereocenters. The van der Waals surface area contributed by atoms with Gasteiger partial charge >= 0.3 is 5.97 Å². The van der Waals surface area contributed by atoms with Crippen LogP contribution >= 0.6 is 11.3 Å². The Kier molecular flexibility index (Phi) is 3.47. The van der Waals surface area contributed by atoms with E-state index in [2.05, 4.69) is 20.1 Å². The van der Waals surface area contributed by atoms with Crippen LogP contribution in [0.15, 0.2) is 11.4 Å². The number of carbonyl (C=O) groups is 1. The number of nitrogens with one attached hydrogen (secondary N) is 1. The molecular formula is C10H12N4O3S. The van der Waals surface area contributed by atoms with Gasteiger partial charge in [-0.3, -0.25) is 0 Å². The molecule has 0 spiro atoms. The van der Waals surface area contributed by atoms with Crippen molar-refractivity contribution in [3.05, 3.63) is 17.1 Å². The smallest absolute Gasteiger partial charge is 0.357 e. The Morgan fingerprint density at radius 1 is 1.50 bits per heavy atom. The first kappa shape index (κ1) is 12.4. The third-order valence-electron chi connectivity index (χ3n) is 2.18. The van der Waals surface area contributed by atoms with Gasteiger partial charge in [-0.1, -0.05) is 0 Å².